The zero-order valence-electron chi connectivity index (χ0n) is 10.5. The highest BCUT2D eigenvalue weighted by Crippen LogP contribution is 2.60. The van der Waals surface area contributed by atoms with Crippen molar-refractivity contribution in [3.8, 4) is 0 Å². The Morgan fingerprint density at radius 1 is 0.933 bits per heavy atom. The van der Waals surface area contributed by atoms with Gasteiger partial charge in [-0.1, -0.05) is 13.8 Å². The van der Waals surface area contributed by atoms with E-state index in [2.05, 4.69) is 13.8 Å². The molecule has 0 saturated heterocycles. The number of rotatable bonds is 4. The second-order valence-electron chi connectivity index (χ2n) is 6.64. The maximum absolute atomic E-state index is 5.75. The lowest BCUT2D eigenvalue weighted by Crippen LogP contribution is -2.43. The molecular weight excluding hydrogens is 182 g/mol. The summed E-state index contributed by atoms with van der Waals surface area (Å²) in [5.41, 5.74) is 7.17. The van der Waals surface area contributed by atoms with Gasteiger partial charge in [-0.3, -0.25) is 0 Å². The smallest absolute Gasteiger partial charge is 0.00720 e. The van der Waals surface area contributed by atoms with Gasteiger partial charge in [0, 0.05) is 0 Å². The molecule has 0 aliphatic heterocycles. The SMILES string of the molecule is CC(C)CC12CCC(CCN)(CC1)CC2. The summed E-state index contributed by atoms with van der Waals surface area (Å²) in [5.74, 6) is 0.880. The van der Waals surface area contributed by atoms with E-state index in [1.54, 1.807) is 0 Å². The number of hydrogen-bond acceptors (Lipinski definition) is 1. The molecule has 2 N–H and O–H groups in total. The number of fused-ring (bicyclic) bond motifs is 3. The van der Waals surface area contributed by atoms with Crippen LogP contribution in [0, 0.1) is 16.7 Å². The topological polar surface area (TPSA) is 26.0 Å². The normalized spacial score (nSPS) is 40.0. The molecule has 0 aromatic carbocycles. The molecule has 0 aromatic rings. The molecule has 2 bridgehead atoms. The van der Waals surface area contributed by atoms with Crippen molar-refractivity contribution in [2.45, 2.75) is 65.2 Å². The molecule has 3 aliphatic rings. The van der Waals surface area contributed by atoms with E-state index in [1.165, 1.54) is 51.4 Å². The highest BCUT2D eigenvalue weighted by atomic mass is 14.6. The van der Waals surface area contributed by atoms with Crippen molar-refractivity contribution in [2.24, 2.45) is 22.5 Å². The van der Waals surface area contributed by atoms with Crippen molar-refractivity contribution in [1.29, 1.82) is 0 Å². The first-order valence-electron chi connectivity index (χ1n) is 6.80. The highest BCUT2D eigenvalue weighted by molar-refractivity contribution is 4.99. The van der Waals surface area contributed by atoms with Gasteiger partial charge in [-0.2, -0.15) is 0 Å². The largest absolute Gasteiger partial charge is 0.330 e. The third-order valence-corrected chi connectivity index (χ3v) is 5.07. The molecule has 3 saturated carbocycles. The summed E-state index contributed by atoms with van der Waals surface area (Å²) in [6, 6.07) is 0. The second kappa shape index (κ2) is 4.08. The van der Waals surface area contributed by atoms with Gasteiger partial charge in [0.1, 0.15) is 0 Å². The van der Waals surface area contributed by atoms with E-state index in [9.17, 15) is 0 Å². The van der Waals surface area contributed by atoms with Crippen LogP contribution in [-0.2, 0) is 0 Å². The Hall–Kier alpha value is -0.0400. The minimum absolute atomic E-state index is 0.674. The van der Waals surface area contributed by atoms with Gasteiger partial charge < -0.3 is 5.73 Å². The average molecular weight is 209 g/mol. The van der Waals surface area contributed by atoms with Crippen LogP contribution < -0.4 is 5.73 Å². The van der Waals surface area contributed by atoms with Gasteiger partial charge in [0.2, 0.25) is 0 Å². The maximum atomic E-state index is 5.75. The maximum Gasteiger partial charge on any atom is -0.00720 e. The quantitative estimate of drug-likeness (QED) is 0.750. The summed E-state index contributed by atoms with van der Waals surface area (Å²) in [7, 11) is 0. The van der Waals surface area contributed by atoms with Crippen LogP contribution in [0.15, 0.2) is 0 Å². The molecule has 3 fully saturated rings. The standard InChI is InChI=1S/C14H27N/c1-12(2)11-14-6-3-13(4-7-14,5-8-14)9-10-15/h12H,3-11,15H2,1-2H3. The number of hydrogen-bond donors (Lipinski definition) is 1. The third kappa shape index (κ3) is 2.22. The molecule has 1 nitrogen and oxygen atoms in total. The molecule has 0 radical (unpaired) electrons. The minimum Gasteiger partial charge on any atom is -0.330 e. The van der Waals surface area contributed by atoms with E-state index in [0.29, 0.717) is 5.41 Å². The summed E-state index contributed by atoms with van der Waals surface area (Å²) in [4.78, 5) is 0. The molecule has 0 atom stereocenters. The van der Waals surface area contributed by atoms with Crippen molar-refractivity contribution in [2.75, 3.05) is 6.54 Å². The summed E-state index contributed by atoms with van der Waals surface area (Å²) in [5, 5.41) is 0. The molecule has 3 aliphatic carbocycles. The molecule has 0 heterocycles. The van der Waals surface area contributed by atoms with E-state index in [4.69, 9.17) is 5.73 Å². The molecule has 3 rings (SSSR count). The zero-order valence-corrected chi connectivity index (χ0v) is 10.5. The van der Waals surface area contributed by atoms with Gasteiger partial charge >= 0.3 is 0 Å². The molecule has 0 spiro atoms. The first kappa shape index (κ1) is 11.4. The van der Waals surface area contributed by atoms with Crippen LogP contribution in [0.4, 0.5) is 0 Å². The summed E-state index contributed by atoms with van der Waals surface area (Å²) < 4.78 is 0. The van der Waals surface area contributed by atoms with E-state index in [0.717, 1.165) is 17.9 Å². The lowest BCUT2D eigenvalue weighted by atomic mass is 9.51. The molecule has 0 amide bonds. The Morgan fingerprint density at radius 2 is 1.40 bits per heavy atom. The molecule has 0 aromatic heterocycles. The lowest BCUT2D eigenvalue weighted by molar-refractivity contribution is -0.0247. The molecular formula is C14H27N. The average Bonchev–Trinajstić information content (AvgIpc) is 2.20. The number of nitrogens with two attached hydrogens (primary N) is 1. The summed E-state index contributed by atoms with van der Waals surface area (Å²) in [6.07, 6.45) is 11.6. The van der Waals surface area contributed by atoms with Crippen molar-refractivity contribution in [3.63, 3.8) is 0 Å². The van der Waals surface area contributed by atoms with Gasteiger partial charge in [0.25, 0.3) is 0 Å². The van der Waals surface area contributed by atoms with Gasteiger partial charge in [0.15, 0.2) is 0 Å². The fourth-order valence-electron chi connectivity index (χ4n) is 4.19. The fraction of sp³-hybridized carbons (Fsp3) is 1.00. The van der Waals surface area contributed by atoms with Crippen LogP contribution in [0.3, 0.4) is 0 Å². The predicted octanol–water partition coefficient (Wildman–Crippen LogP) is 3.72. The third-order valence-electron chi connectivity index (χ3n) is 5.07. The summed E-state index contributed by atoms with van der Waals surface area (Å²) in [6.45, 7) is 5.66. The first-order chi connectivity index (χ1) is 7.10. The van der Waals surface area contributed by atoms with Gasteiger partial charge in [-0.25, -0.2) is 0 Å². The van der Waals surface area contributed by atoms with Crippen LogP contribution in [-0.4, -0.2) is 6.54 Å². The van der Waals surface area contributed by atoms with Gasteiger partial charge in [0.05, 0.1) is 0 Å². The molecule has 88 valence electrons. The van der Waals surface area contributed by atoms with Crippen LogP contribution >= 0.6 is 0 Å². The van der Waals surface area contributed by atoms with Crippen LogP contribution in [0.1, 0.15) is 65.2 Å². The molecule has 15 heavy (non-hydrogen) atoms. The highest BCUT2D eigenvalue weighted by Gasteiger charge is 2.47. The Labute approximate surface area is 94.8 Å². The Morgan fingerprint density at radius 3 is 1.80 bits per heavy atom. The van der Waals surface area contributed by atoms with E-state index >= 15 is 0 Å². The van der Waals surface area contributed by atoms with Gasteiger partial charge in [-0.05, 0) is 74.7 Å². The lowest BCUT2D eigenvalue weighted by Gasteiger charge is -2.54. The van der Waals surface area contributed by atoms with Crippen molar-refractivity contribution in [1.82, 2.24) is 0 Å². The van der Waals surface area contributed by atoms with E-state index in [1.807, 2.05) is 0 Å². The van der Waals surface area contributed by atoms with E-state index in [-0.39, 0.29) is 0 Å². The predicted molar refractivity (Wildman–Crippen MR) is 65.7 cm³/mol. The van der Waals surface area contributed by atoms with Crippen molar-refractivity contribution >= 4 is 0 Å². The van der Waals surface area contributed by atoms with Gasteiger partial charge in [-0.15, -0.1) is 0 Å². The monoisotopic (exact) mass is 209 g/mol. The Balaban J connectivity index is 1.97. The molecule has 1 heteroatoms. The van der Waals surface area contributed by atoms with Crippen molar-refractivity contribution < 1.29 is 0 Å². The second-order valence-corrected chi connectivity index (χ2v) is 6.64. The van der Waals surface area contributed by atoms with Crippen LogP contribution in [0.2, 0.25) is 0 Å². The zero-order chi connectivity index (χ0) is 10.9. The Kier molecular flexibility index (Phi) is 3.12. The minimum atomic E-state index is 0.674. The fourth-order valence-corrected chi connectivity index (χ4v) is 4.19. The first-order valence-corrected chi connectivity index (χ1v) is 6.80. The summed E-state index contributed by atoms with van der Waals surface area (Å²) >= 11 is 0. The van der Waals surface area contributed by atoms with Crippen LogP contribution in [0.25, 0.3) is 0 Å². The molecule has 0 unspecified atom stereocenters. The van der Waals surface area contributed by atoms with Crippen LogP contribution in [0.5, 0.6) is 0 Å². The van der Waals surface area contributed by atoms with Crippen molar-refractivity contribution in [3.05, 3.63) is 0 Å². The Bertz CT molecular complexity index is 195. The van der Waals surface area contributed by atoms with E-state index < -0.39 is 0 Å².